The van der Waals surface area contributed by atoms with Crippen molar-refractivity contribution in [2.45, 2.75) is 46.9 Å². The second-order valence-corrected chi connectivity index (χ2v) is 8.98. The van der Waals surface area contributed by atoms with E-state index in [-0.39, 0.29) is 0 Å². The Morgan fingerprint density at radius 3 is 1.91 bits per heavy atom. The second kappa shape index (κ2) is 5.50. The van der Waals surface area contributed by atoms with Crippen LogP contribution in [0.15, 0.2) is 28.0 Å². The van der Waals surface area contributed by atoms with E-state index >= 15 is 0 Å². The van der Waals surface area contributed by atoms with Gasteiger partial charge in [-0.15, -0.1) is 0 Å². The molecule has 0 unspecified atom stereocenters. The van der Waals surface area contributed by atoms with E-state index in [0.717, 1.165) is 0 Å². The predicted molar refractivity (Wildman–Crippen MR) is 72.3 cm³/mol. The molecule has 0 aliphatic heterocycles. The Labute approximate surface area is 126 Å². The summed E-state index contributed by atoms with van der Waals surface area (Å²) < 4.78 is 86.0. The smallest absolute Gasteiger partial charge is 0.225 e. The lowest BCUT2D eigenvalue weighted by molar-refractivity contribution is -0.137. The minimum absolute atomic E-state index is 0.336. The lowest BCUT2D eigenvalue weighted by Gasteiger charge is -2.15. The van der Waals surface area contributed by atoms with E-state index in [2.05, 4.69) is 0 Å². The van der Waals surface area contributed by atoms with Crippen molar-refractivity contribution in [3.63, 3.8) is 0 Å². The zero-order valence-corrected chi connectivity index (χ0v) is 12.9. The number of alkyl halides is 3. The molecule has 0 atom stereocenters. The van der Waals surface area contributed by atoms with E-state index in [1.165, 1.54) is 0 Å². The van der Waals surface area contributed by atoms with Crippen LogP contribution in [0.3, 0.4) is 0 Å². The molecule has 0 amide bonds. The fraction of sp³-hybridized carbons (Fsp3) is 0.500. The van der Waals surface area contributed by atoms with Crippen LogP contribution in [-0.4, -0.2) is 22.1 Å². The Balaban J connectivity index is 2.65. The quantitative estimate of drug-likeness (QED) is 0.896. The van der Waals surface area contributed by atoms with Gasteiger partial charge in [-0.3, -0.25) is 0 Å². The number of halogens is 3. The first-order valence-corrected chi connectivity index (χ1v) is 9.50. The van der Waals surface area contributed by atoms with Crippen LogP contribution in [0.5, 0.6) is 0 Å². The van der Waals surface area contributed by atoms with Gasteiger partial charge in [0.2, 0.25) is 10.0 Å². The van der Waals surface area contributed by atoms with Crippen molar-refractivity contribution in [1.29, 1.82) is 0 Å². The van der Waals surface area contributed by atoms with Crippen LogP contribution in [0.1, 0.15) is 31.2 Å². The molecule has 0 radical (unpaired) electrons. The number of benzene rings is 1. The lowest BCUT2D eigenvalue weighted by atomic mass is 10.2. The molecule has 10 heteroatoms. The Bertz CT molecular complexity index is 779. The van der Waals surface area contributed by atoms with Gasteiger partial charge in [0.05, 0.1) is 20.6 Å². The van der Waals surface area contributed by atoms with Crippen LogP contribution < -0.4 is 5.14 Å². The minimum Gasteiger partial charge on any atom is -0.225 e. The van der Waals surface area contributed by atoms with Crippen LogP contribution in [0.4, 0.5) is 13.2 Å². The number of primary sulfonamides is 1. The molecule has 0 aromatic heterocycles. The third-order valence-corrected chi connectivity index (χ3v) is 6.74. The number of hydrogen-bond donors (Lipinski definition) is 1. The van der Waals surface area contributed by atoms with Crippen molar-refractivity contribution in [3.05, 3.63) is 23.8 Å². The Morgan fingerprint density at radius 2 is 1.45 bits per heavy atom. The summed E-state index contributed by atoms with van der Waals surface area (Å²) in [6.45, 7) is 0. The molecule has 0 bridgehead atoms. The molecule has 1 aromatic carbocycles. The van der Waals surface area contributed by atoms with Crippen molar-refractivity contribution in [2.75, 3.05) is 0 Å². The topological polar surface area (TPSA) is 94.3 Å². The molecule has 1 aliphatic rings. The van der Waals surface area contributed by atoms with Crippen molar-refractivity contribution >= 4 is 19.9 Å². The maximum atomic E-state index is 12.9. The van der Waals surface area contributed by atoms with E-state index < -0.39 is 46.6 Å². The predicted octanol–water partition coefficient (Wildman–Crippen LogP) is 2.07. The zero-order valence-electron chi connectivity index (χ0n) is 11.3. The van der Waals surface area contributed by atoms with Gasteiger partial charge in [-0.1, -0.05) is 12.8 Å². The average Bonchev–Trinajstić information content (AvgIpc) is 2.90. The molecule has 1 aliphatic carbocycles. The van der Waals surface area contributed by atoms with Gasteiger partial charge in [0.1, 0.15) is 0 Å². The fourth-order valence-corrected chi connectivity index (χ4v) is 5.03. The fourth-order valence-electron chi connectivity index (χ4n) is 2.46. The number of hydrogen-bond acceptors (Lipinski definition) is 4. The SMILES string of the molecule is NS(=O)(=O)c1cc(C(F)(F)F)cc(S(=O)(=O)C2CCCC2)c1. The first kappa shape index (κ1) is 17.2. The van der Waals surface area contributed by atoms with E-state index in [1.54, 1.807) is 0 Å². The average molecular weight is 357 g/mol. The summed E-state index contributed by atoms with van der Waals surface area (Å²) in [5.41, 5.74) is -1.35. The van der Waals surface area contributed by atoms with E-state index in [1.807, 2.05) is 0 Å². The first-order valence-electron chi connectivity index (χ1n) is 6.41. The van der Waals surface area contributed by atoms with Gasteiger partial charge in [-0.05, 0) is 31.0 Å². The summed E-state index contributed by atoms with van der Waals surface area (Å²) >= 11 is 0. The molecule has 124 valence electrons. The van der Waals surface area contributed by atoms with Gasteiger partial charge < -0.3 is 0 Å². The third kappa shape index (κ3) is 3.44. The van der Waals surface area contributed by atoms with Crippen LogP contribution in [-0.2, 0) is 26.0 Å². The van der Waals surface area contributed by atoms with Gasteiger partial charge in [0, 0.05) is 0 Å². The molecular weight excluding hydrogens is 343 g/mol. The molecule has 1 saturated carbocycles. The van der Waals surface area contributed by atoms with Crippen molar-refractivity contribution in [1.82, 2.24) is 0 Å². The van der Waals surface area contributed by atoms with Gasteiger partial charge in [-0.25, -0.2) is 22.0 Å². The molecular formula is C12H14F3NO4S2. The van der Waals surface area contributed by atoms with Crippen molar-refractivity contribution in [3.8, 4) is 0 Å². The monoisotopic (exact) mass is 357 g/mol. The molecule has 1 aromatic rings. The Morgan fingerprint density at radius 1 is 0.955 bits per heavy atom. The summed E-state index contributed by atoms with van der Waals surface area (Å²) in [6, 6.07) is 1.49. The highest BCUT2D eigenvalue weighted by Gasteiger charge is 2.36. The summed E-state index contributed by atoms with van der Waals surface area (Å²) in [4.78, 5) is -1.52. The largest absolute Gasteiger partial charge is 0.416 e. The van der Waals surface area contributed by atoms with Crippen LogP contribution in [0, 0.1) is 0 Å². The van der Waals surface area contributed by atoms with E-state index in [9.17, 15) is 30.0 Å². The maximum absolute atomic E-state index is 12.9. The second-order valence-electron chi connectivity index (χ2n) is 5.19. The molecule has 2 rings (SSSR count). The molecule has 0 spiro atoms. The number of nitrogens with two attached hydrogens (primary N) is 1. The summed E-state index contributed by atoms with van der Waals surface area (Å²) in [6.07, 6.45) is -2.83. The molecule has 0 saturated heterocycles. The summed E-state index contributed by atoms with van der Waals surface area (Å²) in [5.74, 6) is 0. The van der Waals surface area contributed by atoms with E-state index in [0.29, 0.717) is 43.9 Å². The first-order chi connectivity index (χ1) is 9.92. The normalized spacial score (nSPS) is 17.8. The number of sulfonamides is 1. The van der Waals surface area contributed by atoms with Gasteiger partial charge in [0.15, 0.2) is 9.84 Å². The summed E-state index contributed by atoms with van der Waals surface area (Å²) in [7, 11) is -8.48. The van der Waals surface area contributed by atoms with E-state index in [4.69, 9.17) is 5.14 Å². The van der Waals surface area contributed by atoms with Gasteiger partial charge in [-0.2, -0.15) is 13.2 Å². The molecule has 2 N–H and O–H groups in total. The van der Waals surface area contributed by atoms with Crippen LogP contribution in [0.25, 0.3) is 0 Å². The van der Waals surface area contributed by atoms with Crippen molar-refractivity contribution < 1.29 is 30.0 Å². The Kier molecular flexibility index (Phi) is 4.31. The van der Waals surface area contributed by atoms with Crippen LogP contribution >= 0.6 is 0 Å². The highest BCUT2D eigenvalue weighted by atomic mass is 32.2. The lowest BCUT2D eigenvalue weighted by Crippen LogP contribution is -2.21. The molecule has 5 nitrogen and oxygen atoms in total. The molecule has 0 heterocycles. The molecule has 1 fully saturated rings. The van der Waals surface area contributed by atoms with Gasteiger partial charge >= 0.3 is 6.18 Å². The minimum atomic E-state index is -4.87. The Hall–Kier alpha value is -1.13. The highest BCUT2D eigenvalue weighted by molar-refractivity contribution is 7.92. The standard InChI is InChI=1S/C12H14F3NO4S2/c13-12(14,15)8-5-10(7-11(6-8)22(16,19)20)21(17,18)9-3-1-2-4-9/h5-7,9H,1-4H2,(H2,16,19,20). The number of rotatable bonds is 3. The maximum Gasteiger partial charge on any atom is 0.416 e. The van der Waals surface area contributed by atoms with Crippen molar-refractivity contribution in [2.24, 2.45) is 5.14 Å². The number of sulfone groups is 1. The van der Waals surface area contributed by atoms with Gasteiger partial charge in [0.25, 0.3) is 0 Å². The highest BCUT2D eigenvalue weighted by Crippen LogP contribution is 2.35. The summed E-state index contributed by atoms with van der Waals surface area (Å²) in [5, 5.41) is 4.06. The molecule has 22 heavy (non-hydrogen) atoms. The van der Waals surface area contributed by atoms with Crippen LogP contribution in [0.2, 0.25) is 0 Å². The zero-order chi connectivity index (χ0) is 16.8. The third-order valence-electron chi connectivity index (χ3n) is 3.61.